The SMILES string of the molecule is NC1=NC2(CCCCC2)N(c2ccc3nn(CCO)cc3c2)C(N)=N1. The third kappa shape index (κ3) is 2.72. The van der Waals surface area contributed by atoms with Crippen LogP contribution in [0.15, 0.2) is 34.4 Å². The van der Waals surface area contributed by atoms with Gasteiger partial charge in [-0.3, -0.25) is 9.58 Å². The Hall–Kier alpha value is -2.61. The van der Waals surface area contributed by atoms with Crippen molar-refractivity contribution in [3.8, 4) is 0 Å². The van der Waals surface area contributed by atoms with Crippen LogP contribution in [0.5, 0.6) is 0 Å². The van der Waals surface area contributed by atoms with E-state index in [2.05, 4.69) is 10.1 Å². The molecule has 2 heterocycles. The molecule has 0 amide bonds. The van der Waals surface area contributed by atoms with Crippen LogP contribution in [0.1, 0.15) is 32.1 Å². The van der Waals surface area contributed by atoms with Gasteiger partial charge in [0.25, 0.3) is 0 Å². The van der Waals surface area contributed by atoms with E-state index < -0.39 is 5.66 Å². The molecule has 0 radical (unpaired) electrons. The van der Waals surface area contributed by atoms with Crippen LogP contribution in [0.3, 0.4) is 0 Å². The Bertz CT molecular complexity index is 848. The van der Waals surface area contributed by atoms with Crippen LogP contribution in [-0.2, 0) is 6.54 Å². The van der Waals surface area contributed by atoms with Crippen LogP contribution >= 0.6 is 0 Å². The van der Waals surface area contributed by atoms with Crippen molar-refractivity contribution in [1.82, 2.24) is 9.78 Å². The fourth-order valence-corrected chi connectivity index (χ4v) is 3.92. The summed E-state index contributed by atoms with van der Waals surface area (Å²) >= 11 is 0. The third-order valence-corrected chi connectivity index (χ3v) is 4.97. The molecule has 1 aliphatic heterocycles. The standard InChI is InChI=1S/C17H23N7O/c18-15-20-16(19)24(17(21-15)6-2-1-3-7-17)13-4-5-14-12(10-13)11-23(22-14)8-9-25/h4-5,10-11,25H,1-3,6-9H2,(H4,18,19,20,21). The predicted octanol–water partition coefficient (Wildman–Crippen LogP) is 1.14. The van der Waals surface area contributed by atoms with Crippen LogP contribution < -0.4 is 16.4 Å². The van der Waals surface area contributed by atoms with E-state index in [4.69, 9.17) is 21.6 Å². The average molecular weight is 341 g/mol. The summed E-state index contributed by atoms with van der Waals surface area (Å²) < 4.78 is 1.74. The number of benzene rings is 1. The summed E-state index contributed by atoms with van der Waals surface area (Å²) in [6, 6.07) is 6.00. The minimum Gasteiger partial charge on any atom is -0.394 e. The number of anilines is 1. The van der Waals surface area contributed by atoms with Crippen molar-refractivity contribution < 1.29 is 5.11 Å². The second kappa shape index (κ2) is 6.03. The Labute approximate surface area is 145 Å². The van der Waals surface area contributed by atoms with E-state index in [1.54, 1.807) is 4.68 Å². The first-order valence-electron chi connectivity index (χ1n) is 8.69. The van der Waals surface area contributed by atoms with Crippen molar-refractivity contribution in [2.45, 2.75) is 44.3 Å². The Kier molecular flexibility index (Phi) is 3.84. The van der Waals surface area contributed by atoms with Crippen molar-refractivity contribution in [2.24, 2.45) is 21.5 Å². The monoisotopic (exact) mass is 341 g/mol. The molecule has 25 heavy (non-hydrogen) atoms. The number of aliphatic hydroxyl groups excluding tert-OH is 1. The molecule has 5 N–H and O–H groups in total. The molecule has 1 aromatic heterocycles. The summed E-state index contributed by atoms with van der Waals surface area (Å²) in [4.78, 5) is 10.9. The summed E-state index contributed by atoms with van der Waals surface area (Å²) in [5.41, 5.74) is 13.6. The van der Waals surface area contributed by atoms with Gasteiger partial charge in [-0.1, -0.05) is 6.42 Å². The molecule has 1 fully saturated rings. The number of hydrogen-bond acceptors (Lipinski definition) is 7. The van der Waals surface area contributed by atoms with Crippen molar-refractivity contribution in [2.75, 3.05) is 11.5 Å². The molecule has 0 bridgehead atoms. The summed E-state index contributed by atoms with van der Waals surface area (Å²) in [5.74, 6) is 0.643. The zero-order valence-corrected chi connectivity index (χ0v) is 14.1. The summed E-state index contributed by atoms with van der Waals surface area (Å²) in [7, 11) is 0. The molecule has 0 unspecified atom stereocenters. The average Bonchev–Trinajstić information content (AvgIpc) is 2.97. The zero-order valence-electron chi connectivity index (χ0n) is 14.1. The number of guanidine groups is 2. The van der Waals surface area contributed by atoms with Crippen molar-refractivity contribution in [1.29, 1.82) is 0 Å². The van der Waals surface area contributed by atoms with E-state index in [0.717, 1.165) is 42.3 Å². The van der Waals surface area contributed by atoms with Gasteiger partial charge in [-0.15, -0.1) is 0 Å². The first kappa shape index (κ1) is 15.9. The normalized spacial score (nSPS) is 20.0. The van der Waals surface area contributed by atoms with Gasteiger partial charge < -0.3 is 16.6 Å². The smallest absolute Gasteiger partial charge is 0.220 e. The van der Waals surface area contributed by atoms with Crippen LogP contribution in [0, 0.1) is 0 Å². The molecule has 4 rings (SSSR count). The first-order chi connectivity index (χ1) is 12.1. The van der Waals surface area contributed by atoms with Gasteiger partial charge in [-0.2, -0.15) is 10.1 Å². The van der Waals surface area contributed by atoms with E-state index in [1.165, 1.54) is 6.42 Å². The molecular formula is C17H23N7O. The minimum absolute atomic E-state index is 0.0592. The van der Waals surface area contributed by atoms with E-state index in [1.807, 2.05) is 29.3 Å². The highest BCUT2D eigenvalue weighted by molar-refractivity contribution is 6.06. The van der Waals surface area contributed by atoms with E-state index in [0.29, 0.717) is 12.5 Å². The van der Waals surface area contributed by atoms with Gasteiger partial charge in [0.1, 0.15) is 5.66 Å². The molecule has 1 aromatic carbocycles. The Morgan fingerprint density at radius 1 is 1.16 bits per heavy atom. The number of aromatic nitrogens is 2. The summed E-state index contributed by atoms with van der Waals surface area (Å²) in [6.07, 6.45) is 7.14. The maximum atomic E-state index is 9.10. The van der Waals surface area contributed by atoms with Gasteiger partial charge in [-0.25, -0.2) is 4.99 Å². The van der Waals surface area contributed by atoms with Crippen molar-refractivity contribution in [3.63, 3.8) is 0 Å². The highest BCUT2D eigenvalue weighted by atomic mass is 16.3. The largest absolute Gasteiger partial charge is 0.394 e. The number of hydrogen-bond donors (Lipinski definition) is 3. The Morgan fingerprint density at radius 3 is 2.72 bits per heavy atom. The van der Waals surface area contributed by atoms with Crippen LogP contribution in [-0.4, -0.2) is 39.1 Å². The van der Waals surface area contributed by atoms with Gasteiger partial charge in [0, 0.05) is 17.3 Å². The lowest BCUT2D eigenvalue weighted by Gasteiger charge is -2.45. The topological polar surface area (TPSA) is 118 Å². The fourth-order valence-electron chi connectivity index (χ4n) is 3.92. The molecule has 1 aliphatic carbocycles. The number of fused-ring (bicyclic) bond motifs is 1. The number of aliphatic hydroxyl groups is 1. The lowest BCUT2D eigenvalue weighted by molar-refractivity contribution is 0.270. The van der Waals surface area contributed by atoms with Gasteiger partial charge in [0.2, 0.25) is 11.9 Å². The Balaban J connectivity index is 1.77. The highest BCUT2D eigenvalue weighted by Gasteiger charge is 2.42. The fraction of sp³-hybridized carbons (Fsp3) is 0.471. The quantitative estimate of drug-likeness (QED) is 0.773. The Morgan fingerprint density at radius 2 is 1.96 bits per heavy atom. The number of rotatable bonds is 3. The van der Waals surface area contributed by atoms with Crippen molar-refractivity contribution in [3.05, 3.63) is 24.4 Å². The summed E-state index contributed by atoms with van der Waals surface area (Å²) in [5, 5.41) is 14.5. The molecule has 2 aliphatic rings. The second-order valence-electron chi connectivity index (χ2n) is 6.68. The number of nitrogens with zero attached hydrogens (tertiary/aromatic N) is 5. The van der Waals surface area contributed by atoms with E-state index >= 15 is 0 Å². The minimum atomic E-state index is -0.442. The van der Waals surface area contributed by atoms with Crippen LogP contribution in [0.4, 0.5) is 5.69 Å². The third-order valence-electron chi connectivity index (χ3n) is 4.97. The number of aliphatic imine (C=N–C) groups is 2. The van der Waals surface area contributed by atoms with Crippen molar-refractivity contribution >= 4 is 28.5 Å². The molecule has 8 nitrogen and oxygen atoms in total. The van der Waals surface area contributed by atoms with Crippen LogP contribution in [0.2, 0.25) is 0 Å². The second-order valence-corrected chi connectivity index (χ2v) is 6.68. The van der Waals surface area contributed by atoms with Gasteiger partial charge in [-0.05, 0) is 43.9 Å². The molecule has 0 atom stereocenters. The molecule has 8 heteroatoms. The maximum absolute atomic E-state index is 9.10. The van der Waals surface area contributed by atoms with Gasteiger partial charge >= 0.3 is 0 Å². The van der Waals surface area contributed by atoms with Gasteiger partial charge in [0.05, 0.1) is 18.7 Å². The molecule has 0 saturated heterocycles. The summed E-state index contributed by atoms with van der Waals surface area (Å²) in [6.45, 7) is 0.534. The molecule has 1 spiro atoms. The van der Waals surface area contributed by atoms with E-state index in [9.17, 15) is 0 Å². The highest BCUT2D eigenvalue weighted by Crippen LogP contribution is 2.40. The lowest BCUT2D eigenvalue weighted by atomic mass is 9.87. The predicted molar refractivity (Wildman–Crippen MR) is 98.4 cm³/mol. The van der Waals surface area contributed by atoms with Gasteiger partial charge in [0.15, 0.2) is 0 Å². The maximum Gasteiger partial charge on any atom is 0.220 e. The number of nitrogens with two attached hydrogens (primary N) is 2. The first-order valence-corrected chi connectivity index (χ1v) is 8.69. The molecular weight excluding hydrogens is 318 g/mol. The zero-order chi connectivity index (χ0) is 17.4. The van der Waals surface area contributed by atoms with E-state index in [-0.39, 0.29) is 12.6 Å². The molecule has 2 aromatic rings. The lowest BCUT2D eigenvalue weighted by Crippen LogP contribution is -2.58. The van der Waals surface area contributed by atoms with Crippen LogP contribution in [0.25, 0.3) is 10.9 Å². The molecule has 1 saturated carbocycles. The molecule has 132 valence electrons.